The molecule has 16 heavy (non-hydrogen) atoms. The van der Waals surface area contributed by atoms with Gasteiger partial charge in [0.2, 0.25) is 0 Å². The number of nitrogens with one attached hydrogen (secondary N) is 1. The van der Waals surface area contributed by atoms with E-state index in [0.717, 1.165) is 17.7 Å². The third-order valence-electron chi connectivity index (χ3n) is 2.59. The van der Waals surface area contributed by atoms with Gasteiger partial charge >= 0.3 is 5.69 Å². The Bertz CT molecular complexity index is 475. The number of hydrogen-bond acceptors (Lipinski definition) is 4. The molecular formula is C10H18N4O2. The fraction of sp³-hybridized carbons (Fsp3) is 0.600. The molecule has 6 heteroatoms. The SMILES string of the molecule is CNCCN(C)c1cc(=O)n(C)c(=O)n1C. The third kappa shape index (κ3) is 2.33. The first-order valence-corrected chi connectivity index (χ1v) is 5.12. The molecule has 1 aromatic heterocycles. The first-order valence-electron chi connectivity index (χ1n) is 5.12. The first-order chi connectivity index (χ1) is 7.49. The molecule has 1 heterocycles. The van der Waals surface area contributed by atoms with Gasteiger partial charge in [0.05, 0.1) is 0 Å². The van der Waals surface area contributed by atoms with Gasteiger partial charge in [0.15, 0.2) is 0 Å². The quantitative estimate of drug-likeness (QED) is 0.696. The van der Waals surface area contributed by atoms with Crippen LogP contribution in [0.25, 0.3) is 0 Å². The number of aromatic nitrogens is 2. The second-order valence-electron chi connectivity index (χ2n) is 3.77. The fourth-order valence-electron chi connectivity index (χ4n) is 1.48. The zero-order valence-electron chi connectivity index (χ0n) is 10.1. The molecule has 0 bridgehead atoms. The Balaban J connectivity index is 3.15. The molecule has 6 nitrogen and oxygen atoms in total. The molecule has 90 valence electrons. The maximum Gasteiger partial charge on any atom is 0.332 e. The molecule has 0 saturated carbocycles. The van der Waals surface area contributed by atoms with Crippen molar-refractivity contribution < 1.29 is 0 Å². The Kier molecular flexibility index (Phi) is 3.89. The predicted octanol–water partition coefficient (Wildman–Crippen LogP) is -1.26. The molecule has 0 aromatic carbocycles. The number of likely N-dealkylation sites (N-methyl/N-ethyl adjacent to an activating group) is 2. The summed E-state index contributed by atoms with van der Waals surface area (Å²) in [6, 6.07) is 1.47. The lowest BCUT2D eigenvalue weighted by molar-refractivity contribution is 0.663. The monoisotopic (exact) mass is 226 g/mol. The topological polar surface area (TPSA) is 59.3 Å². The van der Waals surface area contributed by atoms with E-state index >= 15 is 0 Å². The van der Waals surface area contributed by atoms with Gasteiger partial charge in [-0.2, -0.15) is 0 Å². The highest BCUT2D eigenvalue weighted by molar-refractivity contribution is 5.36. The van der Waals surface area contributed by atoms with Gasteiger partial charge in [-0.25, -0.2) is 4.79 Å². The van der Waals surface area contributed by atoms with Crippen LogP contribution in [-0.4, -0.2) is 36.3 Å². The Morgan fingerprint density at radius 3 is 2.50 bits per heavy atom. The van der Waals surface area contributed by atoms with Gasteiger partial charge in [0.1, 0.15) is 5.82 Å². The molecule has 0 amide bonds. The Morgan fingerprint density at radius 1 is 1.31 bits per heavy atom. The smallest absolute Gasteiger partial charge is 0.332 e. The van der Waals surface area contributed by atoms with Crippen molar-refractivity contribution in [1.82, 2.24) is 14.5 Å². The van der Waals surface area contributed by atoms with Gasteiger partial charge in [-0.3, -0.25) is 13.9 Å². The zero-order chi connectivity index (χ0) is 12.3. The van der Waals surface area contributed by atoms with Crippen LogP contribution in [0.4, 0.5) is 5.82 Å². The summed E-state index contributed by atoms with van der Waals surface area (Å²) in [5.41, 5.74) is -0.590. The number of hydrogen-bond donors (Lipinski definition) is 1. The largest absolute Gasteiger partial charge is 0.360 e. The van der Waals surface area contributed by atoms with Crippen LogP contribution in [0.3, 0.4) is 0 Å². The highest BCUT2D eigenvalue weighted by Crippen LogP contribution is 2.04. The molecule has 0 aliphatic rings. The maximum atomic E-state index is 11.7. The number of nitrogens with zero attached hydrogens (tertiary/aromatic N) is 3. The van der Waals surface area contributed by atoms with Crippen molar-refractivity contribution in [2.45, 2.75) is 0 Å². The van der Waals surface area contributed by atoms with Crippen LogP contribution in [0, 0.1) is 0 Å². The van der Waals surface area contributed by atoms with E-state index in [1.54, 1.807) is 7.05 Å². The van der Waals surface area contributed by atoms with Crippen LogP contribution in [0.2, 0.25) is 0 Å². The summed E-state index contributed by atoms with van der Waals surface area (Å²) < 4.78 is 2.56. The highest BCUT2D eigenvalue weighted by atomic mass is 16.2. The molecule has 0 unspecified atom stereocenters. The second kappa shape index (κ2) is 4.98. The van der Waals surface area contributed by atoms with Crippen LogP contribution < -0.4 is 21.5 Å². The van der Waals surface area contributed by atoms with E-state index in [0.29, 0.717) is 5.82 Å². The summed E-state index contributed by atoms with van der Waals surface area (Å²) in [6.45, 7) is 1.52. The molecule has 1 aromatic rings. The molecule has 0 aliphatic heterocycles. The predicted molar refractivity (Wildman–Crippen MR) is 64.1 cm³/mol. The van der Waals surface area contributed by atoms with Crippen LogP contribution in [-0.2, 0) is 14.1 Å². The van der Waals surface area contributed by atoms with Crippen molar-refractivity contribution >= 4 is 5.82 Å². The Hall–Kier alpha value is -1.56. The van der Waals surface area contributed by atoms with Crippen LogP contribution in [0.1, 0.15) is 0 Å². The van der Waals surface area contributed by atoms with Crippen molar-refractivity contribution in [3.8, 4) is 0 Å². The van der Waals surface area contributed by atoms with E-state index in [2.05, 4.69) is 5.32 Å². The molecule has 0 atom stereocenters. The van der Waals surface area contributed by atoms with E-state index in [9.17, 15) is 9.59 Å². The summed E-state index contributed by atoms with van der Waals surface area (Å²) in [7, 11) is 6.84. The normalized spacial score (nSPS) is 10.5. The molecule has 1 N–H and O–H groups in total. The Morgan fingerprint density at radius 2 is 1.94 bits per heavy atom. The van der Waals surface area contributed by atoms with Crippen LogP contribution in [0.15, 0.2) is 15.7 Å². The minimum atomic E-state index is -0.307. The summed E-state index contributed by atoms with van der Waals surface area (Å²) in [6.07, 6.45) is 0. The molecule has 1 rings (SSSR count). The second-order valence-corrected chi connectivity index (χ2v) is 3.77. The maximum absolute atomic E-state index is 11.7. The van der Waals surface area contributed by atoms with E-state index < -0.39 is 0 Å². The molecule has 0 saturated heterocycles. The lowest BCUT2D eigenvalue weighted by Gasteiger charge is -2.21. The molecule has 0 fully saturated rings. The zero-order valence-corrected chi connectivity index (χ0v) is 10.1. The fourth-order valence-corrected chi connectivity index (χ4v) is 1.48. The van der Waals surface area contributed by atoms with Crippen molar-refractivity contribution in [2.75, 3.05) is 32.1 Å². The molecule has 0 radical (unpaired) electrons. The molecule has 0 spiro atoms. The first kappa shape index (κ1) is 12.5. The van der Waals surface area contributed by atoms with Crippen LogP contribution >= 0.6 is 0 Å². The minimum Gasteiger partial charge on any atom is -0.360 e. The highest BCUT2D eigenvalue weighted by Gasteiger charge is 2.09. The number of anilines is 1. The van der Waals surface area contributed by atoms with E-state index in [4.69, 9.17) is 0 Å². The average molecular weight is 226 g/mol. The van der Waals surface area contributed by atoms with Gasteiger partial charge in [0, 0.05) is 40.3 Å². The number of rotatable bonds is 4. The molecular weight excluding hydrogens is 208 g/mol. The van der Waals surface area contributed by atoms with E-state index in [-0.39, 0.29) is 11.2 Å². The summed E-state index contributed by atoms with van der Waals surface area (Å²) in [4.78, 5) is 25.0. The summed E-state index contributed by atoms with van der Waals surface area (Å²) in [5.74, 6) is 0.628. The van der Waals surface area contributed by atoms with Crippen molar-refractivity contribution in [2.24, 2.45) is 14.1 Å². The minimum absolute atomic E-state index is 0.283. The summed E-state index contributed by atoms with van der Waals surface area (Å²) in [5, 5.41) is 3.02. The van der Waals surface area contributed by atoms with Gasteiger partial charge in [-0.05, 0) is 7.05 Å². The standard InChI is InChI=1S/C10H18N4O2/c1-11-5-6-12(2)8-7-9(15)14(4)10(16)13(8)3/h7,11H,5-6H2,1-4H3. The summed E-state index contributed by atoms with van der Waals surface area (Å²) >= 11 is 0. The Labute approximate surface area is 94.1 Å². The van der Waals surface area contributed by atoms with Gasteiger partial charge in [-0.15, -0.1) is 0 Å². The molecule has 0 aliphatic carbocycles. The van der Waals surface area contributed by atoms with E-state index in [1.165, 1.54) is 17.7 Å². The van der Waals surface area contributed by atoms with Gasteiger partial charge < -0.3 is 10.2 Å². The van der Waals surface area contributed by atoms with Gasteiger partial charge in [-0.1, -0.05) is 0 Å². The van der Waals surface area contributed by atoms with Crippen molar-refractivity contribution in [3.63, 3.8) is 0 Å². The van der Waals surface area contributed by atoms with Crippen molar-refractivity contribution in [3.05, 3.63) is 26.9 Å². The average Bonchev–Trinajstić information content (AvgIpc) is 2.28. The lowest BCUT2D eigenvalue weighted by Crippen LogP contribution is -2.40. The third-order valence-corrected chi connectivity index (χ3v) is 2.59. The lowest BCUT2D eigenvalue weighted by atomic mass is 10.4. The van der Waals surface area contributed by atoms with Crippen molar-refractivity contribution in [1.29, 1.82) is 0 Å². The van der Waals surface area contributed by atoms with Gasteiger partial charge in [0.25, 0.3) is 5.56 Å². The van der Waals surface area contributed by atoms with E-state index in [1.807, 2.05) is 19.0 Å². The van der Waals surface area contributed by atoms with Crippen LogP contribution in [0.5, 0.6) is 0 Å².